The summed E-state index contributed by atoms with van der Waals surface area (Å²) in [5.41, 5.74) is 3.71. The second-order valence-electron chi connectivity index (χ2n) is 10.1. The lowest BCUT2D eigenvalue weighted by atomic mass is 9.80. The summed E-state index contributed by atoms with van der Waals surface area (Å²) in [5, 5.41) is 25.2. The summed E-state index contributed by atoms with van der Waals surface area (Å²) >= 11 is 1.15. The van der Waals surface area contributed by atoms with Gasteiger partial charge < -0.3 is 15.1 Å². The molecule has 0 spiro atoms. The van der Waals surface area contributed by atoms with E-state index in [-0.39, 0.29) is 16.8 Å². The molecule has 8 nitrogen and oxygen atoms in total. The number of rotatable bonds is 6. The van der Waals surface area contributed by atoms with Crippen LogP contribution in [0.2, 0.25) is 0 Å². The molecule has 1 fully saturated rings. The average Bonchev–Trinajstić information content (AvgIpc) is 3.49. The van der Waals surface area contributed by atoms with Gasteiger partial charge in [0.25, 0.3) is 0 Å². The Bertz CT molecular complexity index is 1410. The van der Waals surface area contributed by atoms with Crippen molar-refractivity contribution in [1.82, 2.24) is 14.6 Å². The number of nitrogens with zero attached hydrogens (tertiary/aromatic N) is 4. The fourth-order valence-electron chi connectivity index (χ4n) is 5.10. The minimum Gasteiger partial charge on any atom is -0.477 e. The molecule has 192 valence electrons. The molecule has 1 aliphatic carbocycles. The van der Waals surface area contributed by atoms with Gasteiger partial charge in [0.2, 0.25) is 5.91 Å². The molecule has 5 rings (SSSR count). The number of fused-ring (bicyclic) bond motifs is 1. The summed E-state index contributed by atoms with van der Waals surface area (Å²) in [5.74, 6) is -1.44. The van der Waals surface area contributed by atoms with Gasteiger partial charge in [-0.25, -0.2) is 14.3 Å². The summed E-state index contributed by atoms with van der Waals surface area (Å²) in [6.45, 7) is 5.82. The van der Waals surface area contributed by atoms with Crippen LogP contribution in [0.3, 0.4) is 0 Å². The quantitative estimate of drug-likeness (QED) is 0.356. The molecule has 0 radical (unpaired) electrons. The lowest BCUT2D eigenvalue weighted by molar-refractivity contribution is -0.128. The zero-order valence-electron chi connectivity index (χ0n) is 21.0. The molecule has 1 aliphatic rings. The number of carboxylic acids is 1. The number of carboxylic acid groups (broad SMARTS) is 1. The molecule has 2 N–H and O–H groups in total. The molecule has 3 aromatic heterocycles. The van der Waals surface area contributed by atoms with Crippen molar-refractivity contribution in [1.29, 1.82) is 0 Å². The van der Waals surface area contributed by atoms with Crippen molar-refractivity contribution < 1.29 is 19.8 Å². The predicted molar refractivity (Wildman–Crippen MR) is 144 cm³/mol. The molecular formula is C28H30N4O4S. The normalized spacial score (nSPS) is 19.9. The molecule has 3 heterocycles. The fraction of sp³-hybridized carbons (Fsp3) is 0.357. The predicted octanol–water partition coefficient (Wildman–Crippen LogP) is 5.36. The van der Waals surface area contributed by atoms with Crippen LogP contribution < -0.4 is 4.90 Å². The number of thiophene rings is 1. The Balaban J connectivity index is 1.47. The number of carbonyl (C=O) groups excluding carboxylic acids is 1. The zero-order valence-corrected chi connectivity index (χ0v) is 21.9. The summed E-state index contributed by atoms with van der Waals surface area (Å²) in [6, 6.07) is 13.0. The third-order valence-corrected chi connectivity index (χ3v) is 8.18. The average molecular weight is 519 g/mol. The molecule has 9 heteroatoms. The highest BCUT2D eigenvalue weighted by Crippen LogP contribution is 2.40. The van der Waals surface area contributed by atoms with Crippen LogP contribution in [0.25, 0.3) is 27.3 Å². The lowest BCUT2D eigenvalue weighted by Gasteiger charge is -2.36. The number of aliphatic hydroxyl groups excluding tert-OH is 1. The molecule has 4 aromatic rings. The molecular weight excluding hydrogens is 488 g/mol. The van der Waals surface area contributed by atoms with Crippen LogP contribution in [0.1, 0.15) is 49.7 Å². The third-order valence-electron chi connectivity index (χ3n) is 7.02. The van der Waals surface area contributed by atoms with Gasteiger partial charge in [0.05, 0.1) is 23.4 Å². The number of hydrogen-bond donors (Lipinski definition) is 2. The number of benzene rings is 1. The maximum absolute atomic E-state index is 13.6. The zero-order chi connectivity index (χ0) is 26.3. The number of aliphatic hydroxyl groups is 1. The van der Waals surface area contributed by atoms with Gasteiger partial charge >= 0.3 is 5.97 Å². The first-order valence-electron chi connectivity index (χ1n) is 12.5. The van der Waals surface area contributed by atoms with Crippen molar-refractivity contribution in [2.75, 3.05) is 4.90 Å². The van der Waals surface area contributed by atoms with Gasteiger partial charge in [0, 0.05) is 34.9 Å². The molecule has 0 bridgehead atoms. The van der Waals surface area contributed by atoms with E-state index in [1.807, 2.05) is 56.4 Å². The van der Waals surface area contributed by atoms with Crippen molar-refractivity contribution in [2.45, 2.75) is 52.2 Å². The summed E-state index contributed by atoms with van der Waals surface area (Å²) < 4.78 is 1.72. The van der Waals surface area contributed by atoms with Crippen LogP contribution >= 0.6 is 11.3 Å². The van der Waals surface area contributed by atoms with Gasteiger partial charge in [0.15, 0.2) is 5.65 Å². The molecule has 3 atom stereocenters. The Morgan fingerprint density at radius 2 is 1.86 bits per heavy atom. The molecule has 1 aromatic carbocycles. The lowest BCUT2D eigenvalue weighted by Crippen LogP contribution is -2.46. The molecule has 0 aliphatic heterocycles. The van der Waals surface area contributed by atoms with Crippen molar-refractivity contribution >= 4 is 34.5 Å². The highest BCUT2D eigenvalue weighted by Gasteiger charge is 2.38. The third kappa shape index (κ3) is 4.89. The standard InChI is InChI=1S/C28H30N4O4S/c1-16(2)32(27(34)20-10-5-17(3)13-23(20)33)22-15-24(37-26(22)28(35)36)19-8-6-18(7-9-19)21-14-25-29-11-4-12-31(25)30-21/h4,6-9,11-12,14-17,20,23,33H,5,10,13H2,1-3H3,(H,35,36)/t17-,20-,23+/m0/s1. The minimum atomic E-state index is -1.07. The van der Waals surface area contributed by atoms with Crippen LogP contribution in [0.15, 0.2) is 54.9 Å². The van der Waals surface area contributed by atoms with Crippen molar-refractivity contribution in [3.05, 3.63) is 59.7 Å². The highest BCUT2D eigenvalue weighted by atomic mass is 32.1. The van der Waals surface area contributed by atoms with Gasteiger partial charge in [-0.1, -0.05) is 31.2 Å². The summed E-state index contributed by atoms with van der Waals surface area (Å²) in [6.07, 6.45) is 4.90. The minimum absolute atomic E-state index is 0.117. The van der Waals surface area contributed by atoms with Crippen molar-refractivity contribution in [2.24, 2.45) is 11.8 Å². The smallest absolute Gasteiger partial charge is 0.348 e. The molecule has 37 heavy (non-hydrogen) atoms. The second-order valence-corrected chi connectivity index (χ2v) is 11.1. The van der Waals surface area contributed by atoms with Crippen LogP contribution in [0, 0.1) is 11.8 Å². The largest absolute Gasteiger partial charge is 0.477 e. The van der Waals surface area contributed by atoms with Crippen LogP contribution in [0.5, 0.6) is 0 Å². The van der Waals surface area contributed by atoms with Crippen LogP contribution in [-0.2, 0) is 4.79 Å². The maximum atomic E-state index is 13.6. The Labute approximate surface area is 219 Å². The van der Waals surface area contributed by atoms with E-state index in [2.05, 4.69) is 17.0 Å². The van der Waals surface area contributed by atoms with E-state index in [0.29, 0.717) is 24.4 Å². The van der Waals surface area contributed by atoms with E-state index >= 15 is 0 Å². The SMILES string of the molecule is CC(C)N(C(=O)[C@H]1CC[C@H](C)C[C@H]1O)c1cc(-c2ccc(-c3cc4ncccn4n3)cc2)sc1C(=O)O. The number of aromatic carboxylic acids is 1. The topological polar surface area (TPSA) is 108 Å². The summed E-state index contributed by atoms with van der Waals surface area (Å²) in [7, 11) is 0. The first-order valence-corrected chi connectivity index (χ1v) is 13.3. The number of amides is 1. The second kappa shape index (κ2) is 10.1. The van der Waals surface area contributed by atoms with Crippen molar-refractivity contribution in [3.63, 3.8) is 0 Å². The number of anilines is 1. The fourth-order valence-corrected chi connectivity index (χ4v) is 6.09. The van der Waals surface area contributed by atoms with Gasteiger partial charge in [-0.2, -0.15) is 5.10 Å². The molecule has 1 amide bonds. The number of hydrogen-bond acceptors (Lipinski definition) is 6. The maximum Gasteiger partial charge on any atom is 0.348 e. The van der Waals surface area contributed by atoms with E-state index in [4.69, 9.17) is 0 Å². The van der Waals surface area contributed by atoms with Gasteiger partial charge in [0.1, 0.15) is 4.88 Å². The van der Waals surface area contributed by atoms with E-state index in [1.165, 1.54) is 0 Å². The van der Waals surface area contributed by atoms with Gasteiger partial charge in [-0.05, 0) is 56.7 Å². The van der Waals surface area contributed by atoms with E-state index < -0.39 is 18.0 Å². The Morgan fingerprint density at radius 1 is 1.14 bits per heavy atom. The van der Waals surface area contributed by atoms with Gasteiger partial charge in [-0.15, -0.1) is 11.3 Å². The Hall–Kier alpha value is -3.56. The van der Waals surface area contributed by atoms with E-state index in [9.17, 15) is 19.8 Å². The van der Waals surface area contributed by atoms with E-state index in [1.54, 1.807) is 21.7 Å². The Morgan fingerprint density at radius 3 is 2.51 bits per heavy atom. The number of aromatic nitrogens is 3. The number of carbonyl (C=O) groups is 2. The van der Waals surface area contributed by atoms with Crippen molar-refractivity contribution in [3.8, 4) is 21.7 Å². The Kier molecular flexibility index (Phi) is 6.83. The molecule has 1 saturated carbocycles. The van der Waals surface area contributed by atoms with E-state index in [0.717, 1.165) is 45.1 Å². The first-order chi connectivity index (χ1) is 17.7. The van der Waals surface area contributed by atoms with Crippen LogP contribution in [-0.4, -0.2) is 48.8 Å². The summed E-state index contributed by atoms with van der Waals surface area (Å²) in [4.78, 5) is 32.6. The highest BCUT2D eigenvalue weighted by molar-refractivity contribution is 7.18. The van der Waals surface area contributed by atoms with Crippen LogP contribution in [0.4, 0.5) is 5.69 Å². The van der Waals surface area contributed by atoms with Gasteiger partial charge in [-0.3, -0.25) is 4.79 Å². The molecule has 0 saturated heterocycles. The molecule has 0 unspecified atom stereocenters. The monoisotopic (exact) mass is 518 g/mol. The first kappa shape index (κ1) is 25.1.